The van der Waals surface area contributed by atoms with Crippen molar-refractivity contribution in [2.24, 2.45) is 5.14 Å². The van der Waals surface area contributed by atoms with Gasteiger partial charge in [0.25, 0.3) is 0 Å². The maximum absolute atomic E-state index is 11.1. The molecule has 7 nitrogen and oxygen atoms in total. The summed E-state index contributed by atoms with van der Waals surface area (Å²) in [5.74, 6) is 0. The minimum atomic E-state index is -3.79. The summed E-state index contributed by atoms with van der Waals surface area (Å²) < 4.78 is 23.7. The zero-order valence-corrected chi connectivity index (χ0v) is 8.92. The molecule has 0 bridgehead atoms. The Morgan fingerprint density at radius 1 is 1.31 bits per heavy atom. The van der Waals surface area contributed by atoms with Crippen LogP contribution >= 0.6 is 0 Å². The number of nitrogen functional groups attached to an aromatic ring is 1. The van der Waals surface area contributed by atoms with Crippen LogP contribution in [0.25, 0.3) is 5.69 Å². The first-order chi connectivity index (χ1) is 7.48. The topological polar surface area (TPSA) is 117 Å². The van der Waals surface area contributed by atoms with E-state index in [2.05, 4.69) is 10.1 Å². The van der Waals surface area contributed by atoms with Gasteiger partial charge in [-0.25, -0.2) is 23.2 Å². The van der Waals surface area contributed by atoms with Gasteiger partial charge in [-0.05, 0) is 18.2 Å². The maximum atomic E-state index is 11.1. The minimum Gasteiger partial charge on any atom is -0.398 e. The fourth-order valence-electron chi connectivity index (χ4n) is 1.28. The second-order valence-corrected chi connectivity index (χ2v) is 4.64. The predicted molar refractivity (Wildman–Crippen MR) is 57.1 cm³/mol. The predicted octanol–water partition coefficient (Wildman–Crippen LogP) is -0.503. The van der Waals surface area contributed by atoms with Crippen LogP contribution in [0.1, 0.15) is 0 Å². The number of nitrogens with two attached hydrogens (primary N) is 2. The maximum Gasteiger partial charge on any atom is 0.240 e. The largest absolute Gasteiger partial charge is 0.398 e. The zero-order chi connectivity index (χ0) is 11.8. The van der Waals surface area contributed by atoms with E-state index < -0.39 is 10.0 Å². The second-order valence-electron chi connectivity index (χ2n) is 3.11. The van der Waals surface area contributed by atoms with Crippen LogP contribution in [0.15, 0.2) is 35.7 Å². The molecule has 0 radical (unpaired) electrons. The molecule has 8 heteroatoms. The molecule has 0 unspecified atom stereocenters. The SMILES string of the molecule is Nc1cc(-n2cncn2)ccc1S(N)(=O)=O. The van der Waals surface area contributed by atoms with Gasteiger partial charge in [0.05, 0.1) is 11.4 Å². The van der Waals surface area contributed by atoms with Crippen LogP contribution in [0.4, 0.5) is 5.69 Å². The highest BCUT2D eigenvalue weighted by Gasteiger charge is 2.12. The van der Waals surface area contributed by atoms with Crippen molar-refractivity contribution in [3.63, 3.8) is 0 Å². The highest BCUT2D eigenvalue weighted by atomic mass is 32.2. The molecule has 1 aromatic heterocycles. The molecule has 2 aromatic rings. The third-order valence-corrected chi connectivity index (χ3v) is 2.97. The van der Waals surface area contributed by atoms with E-state index in [0.29, 0.717) is 5.69 Å². The fourth-order valence-corrected chi connectivity index (χ4v) is 1.92. The molecule has 1 aromatic carbocycles. The second kappa shape index (κ2) is 3.58. The van der Waals surface area contributed by atoms with Gasteiger partial charge in [0.15, 0.2) is 0 Å². The van der Waals surface area contributed by atoms with Crippen LogP contribution in [0.3, 0.4) is 0 Å². The van der Waals surface area contributed by atoms with E-state index in [9.17, 15) is 8.42 Å². The van der Waals surface area contributed by atoms with Crippen molar-refractivity contribution in [2.75, 3.05) is 5.73 Å². The molecule has 0 saturated heterocycles. The molecule has 84 valence electrons. The van der Waals surface area contributed by atoms with Gasteiger partial charge in [-0.15, -0.1) is 0 Å². The zero-order valence-electron chi connectivity index (χ0n) is 8.11. The summed E-state index contributed by atoms with van der Waals surface area (Å²) in [6.45, 7) is 0. The van der Waals surface area contributed by atoms with Crippen molar-refractivity contribution in [3.8, 4) is 5.69 Å². The lowest BCUT2D eigenvalue weighted by molar-refractivity contribution is 0.598. The van der Waals surface area contributed by atoms with Crippen LogP contribution < -0.4 is 10.9 Å². The van der Waals surface area contributed by atoms with Gasteiger partial charge in [0, 0.05) is 0 Å². The summed E-state index contributed by atoms with van der Waals surface area (Å²) in [5.41, 5.74) is 6.29. The van der Waals surface area contributed by atoms with Crippen LogP contribution in [-0.2, 0) is 10.0 Å². The summed E-state index contributed by atoms with van der Waals surface area (Å²) in [5, 5.41) is 8.87. The summed E-state index contributed by atoms with van der Waals surface area (Å²) in [6, 6.07) is 4.35. The molecule has 0 saturated carbocycles. The summed E-state index contributed by atoms with van der Waals surface area (Å²) in [4.78, 5) is 3.67. The number of sulfonamides is 1. The van der Waals surface area contributed by atoms with E-state index in [1.807, 2.05) is 0 Å². The summed E-state index contributed by atoms with van der Waals surface area (Å²) in [7, 11) is -3.79. The quantitative estimate of drug-likeness (QED) is 0.685. The number of hydrogen-bond acceptors (Lipinski definition) is 5. The molecule has 16 heavy (non-hydrogen) atoms. The molecule has 1 heterocycles. The Kier molecular flexibility index (Phi) is 2.37. The Balaban J connectivity index is 2.53. The Hall–Kier alpha value is -1.93. The molecule has 2 rings (SSSR count). The Morgan fingerprint density at radius 2 is 2.06 bits per heavy atom. The number of primary sulfonamides is 1. The highest BCUT2D eigenvalue weighted by molar-refractivity contribution is 7.89. The number of benzene rings is 1. The molecule has 0 amide bonds. The smallest absolute Gasteiger partial charge is 0.240 e. The standard InChI is InChI=1S/C8H9N5O2S/c9-7-3-6(13-5-11-4-12-13)1-2-8(7)16(10,14)15/h1-5H,9H2,(H2,10,14,15). The van der Waals surface area contributed by atoms with Crippen molar-refractivity contribution in [1.29, 1.82) is 0 Å². The third-order valence-electron chi connectivity index (χ3n) is 1.98. The van der Waals surface area contributed by atoms with E-state index in [-0.39, 0.29) is 10.6 Å². The molecule has 0 spiro atoms. The van der Waals surface area contributed by atoms with Gasteiger partial charge in [-0.3, -0.25) is 0 Å². The Morgan fingerprint density at radius 3 is 2.56 bits per heavy atom. The molecule has 4 N–H and O–H groups in total. The van der Waals surface area contributed by atoms with Crippen LogP contribution in [-0.4, -0.2) is 23.2 Å². The Labute approximate surface area is 91.8 Å². The van der Waals surface area contributed by atoms with Gasteiger partial charge < -0.3 is 5.73 Å². The van der Waals surface area contributed by atoms with Gasteiger partial charge >= 0.3 is 0 Å². The average molecular weight is 239 g/mol. The van der Waals surface area contributed by atoms with E-state index >= 15 is 0 Å². The van der Waals surface area contributed by atoms with Crippen molar-refractivity contribution in [1.82, 2.24) is 14.8 Å². The third kappa shape index (κ3) is 1.88. The summed E-state index contributed by atoms with van der Waals surface area (Å²) in [6.07, 6.45) is 2.84. The normalized spacial score (nSPS) is 11.6. The first-order valence-electron chi connectivity index (χ1n) is 4.26. The minimum absolute atomic E-state index is 0.0792. The molecule has 0 aliphatic rings. The van der Waals surface area contributed by atoms with E-state index in [1.54, 1.807) is 6.07 Å². The first-order valence-corrected chi connectivity index (χ1v) is 5.80. The first kappa shape index (κ1) is 10.6. The van der Waals surface area contributed by atoms with Crippen LogP contribution in [0.5, 0.6) is 0 Å². The van der Waals surface area contributed by atoms with E-state index in [4.69, 9.17) is 10.9 Å². The van der Waals surface area contributed by atoms with Crippen molar-refractivity contribution >= 4 is 15.7 Å². The van der Waals surface area contributed by atoms with E-state index in [1.165, 1.54) is 29.5 Å². The average Bonchev–Trinajstić information content (AvgIpc) is 2.68. The molecule has 0 aliphatic heterocycles. The van der Waals surface area contributed by atoms with Crippen molar-refractivity contribution in [2.45, 2.75) is 4.90 Å². The van der Waals surface area contributed by atoms with Crippen LogP contribution in [0, 0.1) is 0 Å². The monoisotopic (exact) mass is 239 g/mol. The van der Waals surface area contributed by atoms with Gasteiger partial charge in [-0.2, -0.15) is 5.10 Å². The number of aromatic nitrogens is 3. The van der Waals surface area contributed by atoms with Crippen molar-refractivity contribution in [3.05, 3.63) is 30.9 Å². The molecule has 0 fully saturated rings. The molecule has 0 aliphatic carbocycles. The highest BCUT2D eigenvalue weighted by Crippen LogP contribution is 2.19. The number of rotatable bonds is 2. The molecule has 0 atom stereocenters. The van der Waals surface area contributed by atoms with Gasteiger partial charge in [0.2, 0.25) is 10.0 Å². The van der Waals surface area contributed by atoms with Gasteiger partial charge in [0.1, 0.15) is 17.6 Å². The van der Waals surface area contributed by atoms with Crippen molar-refractivity contribution < 1.29 is 8.42 Å². The van der Waals surface area contributed by atoms with Crippen LogP contribution in [0.2, 0.25) is 0 Å². The lowest BCUT2D eigenvalue weighted by atomic mass is 10.3. The molecular formula is C8H9N5O2S. The summed E-state index contributed by atoms with van der Waals surface area (Å²) >= 11 is 0. The lowest BCUT2D eigenvalue weighted by Gasteiger charge is -2.05. The van der Waals surface area contributed by atoms with E-state index in [0.717, 1.165) is 0 Å². The number of anilines is 1. The number of hydrogen-bond donors (Lipinski definition) is 2. The van der Waals surface area contributed by atoms with Gasteiger partial charge in [-0.1, -0.05) is 0 Å². The fraction of sp³-hybridized carbons (Fsp3) is 0. The Bertz CT molecular complexity index is 605. The number of nitrogens with zero attached hydrogens (tertiary/aromatic N) is 3. The lowest BCUT2D eigenvalue weighted by Crippen LogP contribution is -2.14. The molecular weight excluding hydrogens is 230 g/mol.